The van der Waals surface area contributed by atoms with Crippen molar-refractivity contribution in [1.82, 2.24) is 9.97 Å². The maximum Gasteiger partial charge on any atom is 0.306 e. The number of hydrogen-bond donors (Lipinski definition) is 1. The lowest BCUT2D eigenvalue weighted by Crippen LogP contribution is -2.14. The zero-order chi connectivity index (χ0) is 12.3. The van der Waals surface area contributed by atoms with Gasteiger partial charge in [-0.1, -0.05) is 6.92 Å². The Morgan fingerprint density at radius 1 is 1.56 bits per heavy atom. The molecule has 0 aromatic carbocycles. The van der Waals surface area contributed by atoms with Crippen molar-refractivity contribution in [3.63, 3.8) is 0 Å². The minimum atomic E-state index is -3.45. The van der Waals surface area contributed by atoms with Gasteiger partial charge < -0.3 is 5.11 Å². The summed E-state index contributed by atoms with van der Waals surface area (Å²) in [5.74, 6) is -1.55. The van der Waals surface area contributed by atoms with Crippen molar-refractivity contribution in [2.45, 2.75) is 18.5 Å². The van der Waals surface area contributed by atoms with E-state index in [4.69, 9.17) is 5.11 Å². The molecule has 0 saturated carbocycles. The lowest BCUT2D eigenvalue weighted by Gasteiger charge is -2.05. The molecule has 0 bridgehead atoms. The Morgan fingerprint density at radius 3 is 2.69 bits per heavy atom. The highest BCUT2D eigenvalue weighted by Crippen LogP contribution is 2.08. The predicted octanol–water partition coefficient (Wildman–Crippen LogP) is 0.143. The molecule has 0 amide bonds. The van der Waals surface area contributed by atoms with Crippen LogP contribution in [0.3, 0.4) is 0 Å². The summed E-state index contributed by atoms with van der Waals surface area (Å²) in [6.07, 6.45) is 2.50. The maximum atomic E-state index is 11.2. The van der Waals surface area contributed by atoms with Gasteiger partial charge >= 0.3 is 5.97 Å². The zero-order valence-electron chi connectivity index (χ0n) is 8.91. The molecule has 0 radical (unpaired) electrons. The Bertz CT molecular complexity index is 498. The molecule has 1 unspecified atom stereocenters. The highest BCUT2D eigenvalue weighted by atomic mass is 32.2. The van der Waals surface area contributed by atoms with E-state index in [1.165, 1.54) is 19.2 Å². The van der Waals surface area contributed by atoms with Crippen LogP contribution in [0.4, 0.5) is 0 Å². The Morgan fingerprint density at radius 2 is 2.19 bits per heavy atom. The maximum absolute atomic E-state index is 11.2. The third kappa shape index (κ3) is 3.27. The van der Waals surface area contributed by atoms with Crippen molar-refractivity contribution in [3.8, 4) is 0 Å². The fraction of sp³-hybridized carbons (Fsp3) is 0.444. The highest BCUT2D eigenvalue weighted by Gasteiger charge is 2.15. The van der Waals surface area contributed by atoms with Crippen LogP contribution in [0, 0.1) is 5.92 Å². The molecular formula is C9H12N2O4S. The van der Waals surface area contributed by atoms with Crippen molar-refractivity contribution < 1.29 is 18.3 Å². The monoisotopic (exact) mass is 244 g/mol. The van der Waals surface area contributed by atoms with Gasteiger partial charge in [0.15, 0.2) is 0 Å². The summed E-state index contributed by atoms with van der Waals surface area (Å²) in [6.45, 7) is 1.53. The molecule has 1 rings (SSSR count). The molecule has 6 nitrogen and oxygen atoms in total. The minimum Gasteiger partial charge on any atom is -0.481 e. The van der Waals surface area contributed by atoms with Gasteiger partial charge in [0.1, 0.15) is 0 Å². The molecule has 1 heterocycles. The van der Waals surface area contributed by atoms with E-state index < -0.39 is 21.7 Å². The van der Waals surface area contributed by atoms with Crippen molar-refractivity contribution in [3.05, 3.63) is 18.0 Å². The van der Waals surface area contributed by atoms with Crippen LogP contribution in [0.25, 0.3) is 0 Å². The number of aliphatic carboxylic acids is 1. The van der Waals surface area contributed by atoms with E-state index in [0.717, 1.165) is 6.26 Å². The quantitative estimate of drug-likeness (QED) is 0.757. The van der Waals surface area contributed by atoms with Crippen LogP contribution < -0.4 is 0 Å². The van der Waals surface area contributed by atoms with E-state index in [-0.39, 0.29) is 11.6 Å². The first kappa shape index (κ1) is 12.6. The lowest BCUT2D eigenvalue weighted by molar-refractivity contribution is -0.141. The van der Waals surface area contributed by atoms with Gasteiger partial charge in [-0.15, -0.1) is 0 Å². The van der Waals surface area contributed by atoms with E-state index >= 15 is 0 Å². The standard InChI is InChI=1S/C9H12N2O4S/c1-6(8(12)13)5-7-3-4-10-9(11-7)16(2,14)15/h3-4,6H,5H2,1-2H3,(H,12,13). The molecule has 1 aromatic rings. The summed E-state index contributed by atoms with van der Waals surface area (Å²) in [7, 11) is -3.45. The third-order valence-electron chi connectivity index (χ3n) is 1.96. The number of carboxylic acids is 1. The SMILES string of the molecule is CC(Cc1ccnc(S(C)(=O)=O)n1)C(=O)O. The average molecular weight is 244 g/mol. The predicted molar refractivity (Wildman–Crippen MR) is 55.6 cm³/mol. The first-order valence-electron chi connectivity index (χ1n) is 4.55. The van der Waals surface area contributed by atoms with Gasteiger partial charge in [0, 0.05) is 24.6 Å². The molecule has 7 heteroatoms. The molecule has 88 valence electrons. The lowest BCUT2D eigenvalue weighted by atomic mass is 10.1. The second-order valence-corrected chi connectivity index (χ2v) is 5.46. The number of aromatic nitrogens is 2. The highest BCUT2D eigenvalue weighted by molar-refractivity contribution is 7.90. The van der Waals surface area contributed by atoms with E-state index in [1.807, 2.05) is 0 Å². The number of rotatable bonds is 4. The molecule has 0 spiro atoms. The average Bonchev–Trinajstić information content (AvgIpc) is 2.16. The second-order valence-electron chi connectivity index (χ2n) is 3.55. The number of carbonyl (C=O) groups is 1. The van der Waals surface area contributed by atoms with Gasteiger partial charge in [-0.05, 0) is 6.07 Å². The van der Waals surface area contributed by atoms with Crippen LogP contribution in [-0.2, 0) is 21.1 Å². The fourth-order valence-corrected chi connectivity index (χ4v) is 1.60. The molecule has 1 N–H and O–H groups in total. The van der Waals surface area contributed by atoms with E-state index in [2.05, 4.69) is 9.97 Å². The van der Waals surface area contributed by atoms with Gasteiger partial charge in [0.05, 0.1) is 5.92 Å². The summed E-state index contributed by atoms with van der Waals surface area (Å²) < 4.78 is 22.3. The van der Waals surface area contributed by atoms with Crippen molar-refractivity contribution in [1.29, 1.82) is 0 Å². The Kier molecular flexibility index (Phi) is 3.58. The van der Waals surface area contributed by atoms with E-state index in [1.54, 1.807) is 0 Å². The van der Waals surface area contributed by atoms with Crippen LogP contribution in [0.15, 0.2) is 17.4 Å². The molecule has 1 atom stereocenters. The van der Waals surface area contributed by atoms with E-state index in [9.17, 15) is 13.2 Å². The third-order valence-corrected chi connectivity index (χ3v) is 2.82. The fourth-order valence-electron chi connectivity index (χ4n) is 1.07. The molecule has 16 heavy (non-hydrogen) atoms. The summed E-state index contributed by atoms with van der Waals surface area (Å²) in [5, 5.41) is 8.44. The van der Waals surface area contributed by atoms with Crippen LogP contribution in [0.5, 0.6) is 0 Å². The molecule has 0 fully saturated rings. The molecule has 1 aromatic heterocycles. The largest absolute Gasteiger partial charge is 0.481 e. The van der Waals surface area contributed by atoms with Crippen LogP contribution >= 0.6 is 0 Å². The van der Waals surface area contributed by atoms with Crippen LogP contribution in [0.1, 0.15) is 12.6 Å². The number of carboxylic acid groups (broad SMARTS) is 1. The second kappa shape index (κ2) is 4.56. The summed E-state index contributed by atoms with van der Waals surface area (Å²) >= 11 is 0. The Balaban J connectivity index is 2.96. The number of nitrogens with zero attached hydrogens (tertiary/aromatic N) is 2. The van der Waals surface area contributed by atoms with Crippen molar-refractivity contribution in [2.75, 3.05) is 6.26 Å². The molecule has 0 aliphatic rings. The van der Waals surface area contributed by atoms with Gasteiger partial charge in [0.2, 0.25) is 15.0 Å². The normalized spacial score (nSPS) is 13.4. The Labute approximate surface area is 93.3 Å². The molecule has 0 aliphatic heterocycles. The van der Waals surface area contributed by atoms with Crippen molar-refractivity contribution >= 4 is 15.8 Å². The molecular weight excluding hydrogens is 232 g/mol. The summed E-state index contributed by atoms with van der Waals surface area (Å²) in [4.78, 5) is 18.0. The van der Waals surface area contributed by atoms with Crippen LogP contribution in [-0.4, -0.2) is 35.7 Å². The Hall–Kier alpha value is -1.50. The van der Waals surface area contributed by atoms with Gasteiger partial charge in [-0.25, -0.2) is 18.4 Å². The van der Waals surface area contributed by atoms with Crippen molar-refractivity contribution in [2.24, 2.45) is 5.92 Å². The van der Waals surface area contributed by atoms with Gasteiger partial charge in [0.25, 0.3) is 0 Å². The topological polar surface area (TPSA) is 97.2 Å². The van der Waals surface area contributed by atoms with Gasteiger partial charge in [-0.2, -0.15) is 0 Å². The summed E-state index contributed by atoms with van der Waals surface area (Å²) in [6, 6.07) is 1.51. The summed E-state index contributed by atoms with van der Waals surface area (Å²) in [5.41, 5.74) is 0.408. The van der Waals surface area contributed by atoms with Crippen LogP contribution in [0.2, 0.25) is 0 Å². The zero-order valence-corrected chi connectivity index (χ0v) is 9.73. The molecule has 0 saturated heterocycles. The first-order valence-corrected chi connectivity index (χ1v) is 6.44. The van der Waals surface area contributed by atoms with Gasteiger partial charge in [-0.3, -0.25) is 4.79 Å². The smallest absolute Gasteiger partial charge is 0.306 e. The number of sulfone groups is 1. The minimum absolute atomic E-state index is 0.181. The van der Waals surface area contributed by atoms with E-state index in [0.29, 0.717) is 5.69 Å². The molecule has 0 aliphatic carbocycles. The number of hydrogen-bond acceptors (Lipinski definition) is 5. The first-order chi connectivity index (χ1) is 7.30.